The Hall–Kier alpha value is -2.35. The van der Waals surface area contributed by atoms with Crippen LogP contribution in [-0.2, 0) is 7.05 Å². The summed E-state index contributed by atoms with van der Waals surface area (Å²) in [5, 5.41) is 0. The number of hydrogen-bond acceptors (Lipinski definition) is 0. The molecule has 0 radical (unpaired) electrons. The highest BCUT2D eigenvalue weighted by atomic mass is 15.1. The third-order valence-electron chi connectivity index (χ3n) is 2.97. The average Bonchev–Trinajstić information content (AvgIpc) is 2.83. The Morgan fingerprint density at radius 3 is 2.17 bits per heavy atom. The Balaban J connectivity index is 2.19. The molecule has 1 aromatic heterocycles. The zero-order valence-corrected chi connectivity index (χ0v) is 10.2. The summed E-state index contributed by atoms with van der Waals surface area (Å²) in [7, 11) is 2.04. The van der Waals surface area contributed by atoms with Gasteiger partial charge in [0, 0.05) is 11.3 Å². The molecule has 0 aliphatic heterocycles. The van der Waals surface area contributed by atoms with Crippen LogP contribution < -0.4 is 4.57 Å². The first-order chi connectivity index (χ1) is 8.86. The minimum Gasteiger partial charge on any atom is -0.356 e. The van der Waals surface area contributed by atoms with Crippen molar-refractivity contribution in [3.05, 3.63) is 73.1 Å². The number of benzene rings is 2. The lowest BCUT2D eigenvalue weighted by Gasteiger charge is -2.11. The molecule has 0 aliphatic carbocycles. The van der Waals surface area contributed by atoms with E-state index in [0.29, 0.717) is 0 Å². The van der Waals surface area contributed by atoms with Crippen LogP contribution >= 0.6 is 0 Å². The van der Waals surface area contributed by atoms with Gasteiger partial charge in [0.15, 0.2) is 5.82 Å². The van der Waals surface area contributed by atoms with Crippen molar-refractivity contribution < 1.29 is 4.57 Å². The van der Waals surface area contributed by atoms with Gasteiger partial charge in [-0.05, 0) is 0 Å². The molecule has 0 saturated heterocycles. The van der Waals surface area contributed by atoms with Gasteiger partial charge in [-0.3, -0.25) is 4.57 Å². The molecule has 2 nitrogen and oxygen atoms in total. The van der Waals surface area contributed by atoms with Gasteiger partial charge < -0.3 is 4.57 Å². The van der Waals surface area contributed by atoms with E-state index in [1.807, 2.05) is 37.5 Å². The largest absolute Gasteiger partial charge is 0.356 e. The van der Waals surface area contributed by atoms with E-state index in [1.54, 1.807) is 0 Å². The van der Waals surface area contributed by atoms with Crippen LogP contribution in [0.1, 0.15) is 0 Å². The second-order valence-electron chi connectivity index (χ2n) is 4.23. The van der Waals surface area contributed by atoms with Gasteiger partial charge in [0.25, 0.3) is 0 Å². The number of imidazole rings is 1. The van der Waals surface area contributed by atoms with E-state index in [-0.39, 0.29) is 0 Å². The monoisotopic (exact) mass is 234 g/mol. The van der Waals surface area contributed by atoms with E-state index in [1.165, 1.54) is 5.56 Å². The summed E-state index contributed by atoms with van der Waals surface area (Å²) in [6.07, 6.45) is 5.22. The minimum atomic E-state index is 1.12. The summed E-state index contributed by atoms with van der Waals surface area (Å²) >= 11 is 0. The smallest absolute Gasteiger partial charge is 0.185 e. The minimum absolute atomic E-state index is 1.12. The third-order valence-corrected chi connectivity index (χ3v) is 2.97. The molecule has 0 bridgehead atoms. The van der Waals surface area contributed by atoms with Gasteiger partial charge in [-0.2, -0.15) is 0 Å². The highest BCUT2D eigenvalue weighted by Gasteiger charge is 2.09. The Labute approximate surface area is 107 Å². The quantitative estimate of drug-likeness (QED) is 0.476. The molecule has 0 amide bonds. The Morgan fingerprint density at radius 2 is 1.50 bits per heavy atom. The molecule has 0 aliphatic rings. The molecular weight excluding hydrogens is 220 g/mol. The van der Waals surface area contributed by atoms with E-state index in [0.717, 1.165) is 11.5 Å². The summed E-state index contributed by atoms with van der Waals surface area (Å²) in [6.45, 7) is 0. The average molecular weight is 234 g/mol. The van der Waals surface area contributed by atoms with Crippen LogP contribution in [0, 0.1) is 6.20 Å². The number of hydrogen-bond donors (Lipinski definition) is 0. The molecule has 0 spiro atoms. The normalized spacial score (nSPS) is 10.5. The zero-order chi connectivity index (χ0) is 12.4. The molecule has 0 N–H and O–H groups in total. The van der Waals surface area contributed by atoms with Crippen molar-refractivity contribution in [2.75, 3.05) is 0 Å². The van der Waals surface area contributed by atoms with Crippen molar-refractivity contribution in [1.29, 1.82) is 0 Å². The van der Waals surface area contributed by atoms with Gasteiger partial charge in [-0.15, -0.1) is 0 Å². The lowest BCUT2D eigenvalue weighted by molar-refractivity contribution is -0.587. The number of nitrogens with zero attached hydrogens (tertiary/aromatic N) is 2. The second kappa shape index (κ2) is 4.49. The molecule has 0 atom stereocenters. The summed E-state index contributed by atoms with van der Waals surface area (Å²) in [5.41, 5.74) is 2.31. The van der Waals surface area contributed by atoms with Crippen molar-refractivity contribution in [1.82, 2.24) is 4.57 Å². The van der Waals surface area contributed by atoms with Crippen LogP contribution in [0.15, 0.2) is 66.9 Å². The van der Waals surface area contributed by atoms with Crippen LogP contribution in [0.3, 0.4) is 0 Å². The molecular formula is C16H14N2. The molecule has 88 valence electrons. The molecule has 0 unspecified atom stereocenters. The molecule has 3 aromatic rings. The number of aromatic nitrogens is 2. The molecule has 1 heterocycles. The predicted molar refractivity (Wildman–Crippen MR) is 71.2 cm³/mol. The predicted octanol–water partition coefficient (Wildman–Crippen LogP) is 2.77. The van der Waals surface area contributed by atoms with Gasteiger partial charge in [0.2, 0.25) is 0 Å². The highest BCUT2D eigenvalue weighted by Crippen LogP contribution is 2.16. The van der Waals surface area contributed by atoms with Crippen LogP contribution in [0.25, 0.3) is 17.1 Å². The van der Waals surface area contributed by atoms with E-state index in [2.05, 4.69) is 51.7 Å². The Kier molecular flexibility index (Phi) is 2.69. The highest BCUT2D eigenvalue weighted by molar-refractivity contribution is 5.52. The fraction of sp³-hybridized carbons (Fsp3) is 0.0625. The van der Waals surface area contributed by atoms with Crippen molar-refractivity contribution in [2.45, 2.75) is 0 Å². The standard InChI is InChI=1S/C16H14N2/c1-17-12-13-18(15-10-6-3-7-11-15)16(17)14-8-4-2-5-9-14/h2-12H,1H3. The number of para-hydroxylation sites is 1. The molecule has 3 rings (SSSR count). The van der Waals surface area contributed by atoms with Gasteiger partial charge in [-0.1, -0.05) is 60.7 Å². The maximum Gasteiger partial charge on any atom is 0.185 e. The van der Waals surface area contributed by atoms with Crippen LogP contribution in [0.4, 0.5) is 0 Å². The van der Waals surface area contributed by atoms with E-state index in [4.69, 9.17) is 0 Å². The first-order valence-corrected chi connectivity index (χ1v) is 5.96. The van der Waals surface area contributed by atoms with Crippen molar-refractivity contribution in [2.24, 2.45) is 7.05 Å². The zero-order valence-electron chi connectivity index (χ0n) is 10.2. The van der Waals surface area contributed by atoms with E-state index >= 15 is 0 Å². The lowest BCUT2D eigenvalue weighted by atomic mass is 10.2. The van der Waals surface area contributed by atoms with Gasteiger partial charge >= 0.3 is 0 Å². The first kappa shape index (κ1) is 10.8. The summed E-state index contributed by atoms with van der Waals surface area (Å²) < 4.78 is 4.16. The summed E-state index contributed by atoms with van der Waals surface area (Å²) in [4.78, 5) is 0. The Morgan fingerprint density at radius 1 is 0.889 bits per heavy atom. The van der Waals surface area contributed by atoms with Gasteiger partial charge in [0.1, 0.15) is 0 Å². The topological polar surface area (TPSA) is 8.81 Å². The van der Waals surface area contributed by atoms with Crippen molar-refractivity contribution >= 4 is 0 Å². The molecule has 0 saturated carbocycles. The number of aryl methyl sites for hydroxylation is 1. The van der Waals surface area contributed by atoms with E-state index in [9.17, 15) is 0 Å². The summed E-state index contributed by atoms with van der Waals surface area (Å²) in [5.74, 6) is 1.13. The fourth-order valence-electron chi connectivity index (χ4n) is 2.12. The maximum atomic E-state index is 3.27. The van der Waals surface area contributed by atoms with Crippen molar-refractivity contribution in [3.8, 4) is 17.1 Å². The fourth-order valence-corrected chi connectivity index (χ4v) is 2.12. The SMILES string of the molecule is Cn1c[c-][n+](-c2ccccc2)c1-c1ccccc1. The van der Waals surface area contributed by atoms with Crippen LogP contribution in [0.5, 0.6) is 0 Å². The van der Waals surface area contributed by atoms with Gasteiger partial charge in [0.05, 0.1) is 19.4 Å². The number of rotatable bonds is 2. The molecule has 2 aromatic carbocycles. The lowest BCUT2D eigenvalue weighted by Crippen LogP contribution is -2.31. The molecule has 18 heavy (non-hydrogen) atoms. The van der Waals surface area contributed by atoms with Crippen LogP contribution in [-0.4, -0.2) is 4.57 Å². The molecule has 2 heteroatoms. The van der Waals surface area contributed by atoms with E-state index < -0.39 is 0 Å². The summed E-state index contributed by atoms with van der Waals surface area (Å²) in [6, 6.07) is 20.6. The molecule has 0 fully saturated rings. The first-order valence-electron chi connectivity index (χ1n) is 5.96. The second-order valence-corrected chi connectivity index (χ2v) is 4.23. The Bertz CT molecular complexity index is 639. The maximum absolute atomic E-state index is 3.27. The van der Waals surface area contributed by atoms with Crippen molar-refractivity contribution in [3.63, 3.8) is 0 Å². The third kappa shape index (κ3) is 1.82. The van der Waals surface area contributed by atoms with Gasteiger partial charge in [-0.25, -0.2) is 0 Å². The van der Waals surface area contributed by atoms with Crippen LogP contribution in [0.2, 0.25) is 0 Å².